The first-order valence-corrected chi connectivity index (χ1v) is 11.8. The number of rotatable bonds is 8. The lowest BCUT2D eigenvalue weighted by atomic mass is 10.1. The van der Waals surface area contributed by atoms with Gasteiger partial charge in [0.2, 0.25) is 11.1 Å². The maximum atomic E-state index is 12.5. The fraction of sp³-hybridized carbons (Fsp3) is 0.227. The molecule has 0 radical (unpaired) electrons. The van der Waals surface area contributed by atoms with Crippen LogP contribution in [0.3, 0.4) is 0 Å². The van der Waals surface area contributed by atoms with Crippen LogP contribution in [0.5, 0.6) is 0 Å². The summed E-state index contributed by atoms with van der Waals surface area (Å²) in [6.07, 6.45) is 3.86. The molecule has 0 saturated heterocycles. The number of hydrogen-bond donors (Lipinski definition) is 2. The lowest BCUT2D eigenvalue weighted by Crippen LogP contribution is -2.15. The number of benzene rings is 2. The maximum absolute atomic E-state index is 12.5. The van der Waals surface area contributed by atoms with Crippen LogP contribution in [-0.2, 0) is 9.59 Å². The van der Waals surface area contributed by atoms with Gasteiger partial charge in [-0.25, -0.2) is 4.79 Å². The number of amides is 1. The summed E-state index contributed by atoms with van der Waals surface area (Å²) in [7, 11) is 0. The van der Waals surface area contributed by atoms with Crippen molar-refractivity contribution >= 4 is 58.6 Å². The Labute approximate surface area is 204 Å². The second-order valence-corrected chi connectivity index (χ2v) is 9.32. The number of nitrogens with zero attached hydrogens (tertiary/aromatic N) is 4. The number of aromatic nitrogens is 4. The highest BCUT2D eigenvalue weighted by Crippen LogP contribution is 2.41. The van der Waals surface area contributed by atoms with E-state index in [1.807, 2.05) is 18.2 Å². The van der Waals surface area contributed by atoms with E-state index in [4.69, 9.17) is 28.3 Å². The Morgan fingerprint density at radius 3 is 2.67 bits per heavy atom. The van der Waals surface area contributed by atoms with E-state index in [-0.39, 0.29) is 17.2 Å². The summed E-state index contributed by atoms with van der Waals surface area (Å²) in [6, 6.07) is 10.7. The van der Waals surface area contributed by atoms with Crippen LogP contribution >= 0.6 is 35.0 Å². The number of nitrogens with one attached hydrogen (secondary N) is 1. The van der Waals surface area contributed by atoms with Crippen molar-refractivity contribution in [1.29, 1.82) is 0 Å². The van der Waals surface area contributed by atoms with Crippen molar-refractivity contribution in [3.8, 4) is 5.69 Å². The molecule has 11 heteroatoms. The molecule has 3 aromatic rings. The molecule has 0 atom stereocenters. The minimum atomic E-state index is -1.01. The minimum absolute atomic E-state index is 0.0499. The second-order valence-electron chi connectivity index (χ2n) is 7.57. The zero-order valence-electron chi connectivity index (χ0n) is 17.5. The third-order valence-corrected chi connectivity index (χ3v) is 6.54. The molecule has 0 unspecified atom stereocenters. The fourth-order valence-electron chi connectivity index (χ4n) is 3.14. The summed E-state index contributed by atoms with van der Waals surface area (Å²) in [5.74, 6) is -0.672. The van der Waals surface area contributed by atoms with Gasteiger partial charge in [0.1, 0.15) is 0 Å². The van der Waals surface area contributed by atoms with Gasteiger partial charge in [0, 0.05) is 5.57 Å². The smallest absolute Gasteiger partial charge is 0.331 e. The van der Waals surface area contributed by atoms with E-state index in [0.717, 1.165) is 0 Å². The minimum Gasteiger partial charge on any atom is -0.478 e. The van der Waals surface area contributed by atoms with E-state index in [9.17, 15) is 9.59 Å². The number of aliphatic carboxylic acids is 1. The number of carbonyl (C=O) groups excluding carboxylic acids is 1. The number of anilines is 1. The Morgan fingerprint density at radius 2 is 2.00 bits per heavy atom. The van der Waals surface area contributed by atoms with E-state index in [2.05, 4.69) is 20.8 Å². The Kier molecular flexibility index (Phi) is 7.02. The van der Waals surface area contributed by atoms with Crippen LogP contribution in [0.2, 0.25) is 10.0 Å². The van der Waals surface area contributed by atoms with Gasteiger partial charge in [-0.3, -0.25) is 4.79 Å². The molecular formula is C22H19Cl2N5O3S. The van der Waals surface area contributed by atoms with Gasteiger partial charge in [-0.15, -0.1) is 5.10 Å². The number of halogens is 2. The van der Waals surface area contributed by atoms with Crippen LogP contribution in [-0.4, -0.2) is 42.9 Å². The molecule has 0 aliphatic heterocycles. The molecule has 2 N–H and O–H groups in total. The molecule has 33 heavy (non-hydrogen) atoms. The lowest BCUT2D eigenvalue weighted by molar-refractivity contribution is -0.132. The number of carboxylic acids is 1. The van der Waals surface area contributed by atoms with Crippen molar-refractivity contribution < 1.29 is 14.7 Å². The largest absolute Gasteiger partial charge is 0.478 e. The van der Waals surface area contributed by atoms with Crippen LogP contribution in [0.1, 0.15) is 36.8 Å². The number of thioether (sulfide) groups is 1. The van der Waals surface area contributed by atoms with Gasteiger partial charge in [-0.05, 0) is 77.6 Å². The normalized spacial score (nSPS) is 13.7. The monoisotopic (exact) mass is 503 g/mol. The molecule has 0 bridgehead atoms. The highest BCUT2D eigenvalue weighted by molar-refractivity contribution is 7.99. The average molecular weight is 504 g/mol. The molecule has 170 valence electrons. The molecule has 2 aromatic carbocycles. The zero-order chi connectivity index (χ0) is 23.5. The summed E-state index contributed by atoms with van der Waals surface area (Å²) in [6.45, 7) is 1.49. The molecule has 0 spiro atoms. The Balaban J connectivity index is 1.40. The summed E-state index contributed by atoms with van der Waals surface area (Å²) < 4.78 is 1.51. The molecule has 8 nitrogen and oxygen atoms in total. The quantitative estimate of drug-likeness (QED) is 0.326. The van der Waals surface area contributed by atoms with Crippen molar-refractivity contribution in [3.63, 3.8) is 0 Å². The van der Waals surface area contributed by atoms with Gasteiger partial charge in [-0.2, -0.15) is 4.68 Å². The first-order chi connectivity index (χ1) is 15.8. The van der Waals surface area contributed by atoms with Crippen LogP contribution in [0.25, 0.3) is 11.8 Å². The average Bonchev–Trinajstić information content (AvgIpc) is 3.52. The van der Waals surface area contributed by atoms with Gasteiger partial charge in [-0.1, -0.05) is 47.1 Å². The van der Waals surface area contributed by atoms with Crippen LogP contribution in [0, 0.1) is 0 Å². The highest BCUT2D eigenvalue weighted by atomic mass is 35.5. The Morgan fingerprint density at radius 1 is 1.21 bits per heavy atom. The number of carboxylic acid groups (broad SMARTS) is 1. The molecule has 1 aromatic heterocycles. The third-order valence-electron chi connectivity index (χ3n) is 5.01. The molecule has 4 rings (SSSR count). The van der Waals surface area contributed by atoms with E-state index in [1.54, 1.807) is 18.2 Å². The van der Waals surface area contributed by atoms with Crippen LogP contribution in [0.4, 0.5) is 5.69 Å². The summed E-state index contributed by atoms with van der Waals surface area (Å²) >= 11 is 13.9. The Hall–Kier alpha value is -2.88. The molecule has 1 fully saturated rings. The number of tetrazole rings is 1. The molecule has 1 aliphatic carbocycles. The number of hydrogen-bond acceptors (Lipinski definition) is 6. The first-order valence-electron chi connectivity index (χ1n) is 10.0. The van der Waals surface area contributed by atoms with Crippen LogP contribution < -0.4 is 5.32 Å². The molecular weight excluding hydrogens is 485 g/mol. The third kappa shape index (κ3) is 5.73. The van der Waals surface area contributed by atoms with Crippen molar-refractivity contribution in [1.82, 2.24) is 20.2 Å². The van der Waals surface area contributed by atoms with Crippen molar-refractivity contribution in [2.24, 2.45) is 0 Å². The zero-order valence-corrected chi connectivity index (χ0v) is 19.8. The Bertz CT molecular complexity index is 1260. The summed E-state index contributed by atoms with van der Waals surface area (Å²) in [5.41, 5.74) is 3.08. The highest BCUT2D eigenvalue weighted by Gasteiger charge is 2.24. The summed E-state index contributed by atoms with van der Waals surface area (Å²) in [5, 5.41) is 24.7. The molecule has 1 amide bonds. The number of carbonyl (C=O) groups is 2. The van der Waals surface area contributed by atoms with Crippen molar-refractivity contribution in [2.45, 2.75) is 30.8 Å². The summed E-state index contributed by atoms with van der Waals surface area (Å²) in [4.78, 5) is 23.4. The van der Waals surface area contributed by atoms with E-state index >= 15 is 0 Å². The SMILES string of the molecule is C/C(=C\c1ccc(NC(=O)CSc2nnnn2-c2ccc(C3CC3)cc2Cl)c(Cl)c1)C(=O)O. The lowest BCUT2D eigenvalue weighted by Gasteiger charge is -2.09. The predicted molar refractivity (Wildman–Crippen MR) is 128 cm³/mol. The molecule has 1 aliphatic rings. The van der Waals surface area contributed by atoms with E-state index in [1.165, 1.54) is 47.8 Å². The molecule has 1 heterocycles. The van der Waals surface area contributed by atoms with Gasteiger partial charge in [0.25, 0.3) is 0 Å². The maximum Gasteiger partial charge on any atom is 0.331 e. The van der Waals surface area contributed by atoms with Gasteiger partial charge in [0.15, 0.2) is 0 Å². The van der Waals surface area contributed by atoms with Gasteiger partial charge < -0.3 is 10.4 Å². The van der Waals surface area contributed by atoms with Crippen molar-refractivity contribution in [3.05, 3.63) is 63.1 Å². The predicted octanol–water partition coefficient (Wildman–Crippen LogP) is 5.07. The standard InChI is InChI=1S/C22H19Cl2N5O3S/c1-12(21(31)32)8-13-2-6-18(16(23)9-13)25-20(30)11-33-22-26-27-28-29(22)19-7-5-15(10-17(19)24)14-3-4-14/h2,5-10,14H,3-4,11H2,1H3,(H,25,30)(H,31,32)/b12-8+. The topological polar surface area (TPSA) is 110 Å². The van der Waals surface area contributed by atoms with E-state index < -0.39 is 5.97 Å². The first kappa shape index (κ1) is 23.3. The van der Waals surface area contributed by atoms with Gasteiger partial charge >= 0.3 is 5.97 Å². The van der Waals surface area contributed by atoms with Crippen LogP contribution in [0.15, 0.2) is 47.1 Å². The van der Waals surface area contributed by atoms with Gasteiger partial charge in [0.05, 0.1) is 27.2 Å². The van der Waals surface area contributed by atoms with Crippen molar-refractivity contribution in [2.75, 3.05) is 11.1 Å². The van der Waals surface area contributed by atoms with E-state index in [0.29, 0.717) is 38.1 Å². The fourth-order valence-corrected chi connectivity index (χ4v) is 4.33. The second kappa shape index (κ2) is 9.94. The molecule has 1 saturated carbocycles.